The molecule has 1 aromatic carbocycles. The minimum absolute atomic E-state index is 0.152. The fourth-order valence-corrected chi connectivity index (χ4v) is 2.62. The van der Waals surface area contributed by atoms with Crippen molar-refractivity contribution in [2.75, 3.05) is 12.0 Å². The molecule has 0 spiro atoms. The number of alkyl halides is 2. The number of hydrogen-bond donors (Lipinski definition) is 1. The second-order valence-electron chi connectivity index (χ2n) is 5.57. The minimum atomic E-state index is -4.03. The summed E-state index contributed by atoms with van der Waals surface area (Å²) in [6.07, 6.45) is -3.60. The predicted octanol–water partition coefficient (Wildman–Crippen LogP) is 2.66. The van der Waals surface area contributed by atoms with Crippen LogP contribution < -0.4 is 14.4 Å². The van der Waals surface area contributed by atoms with E-state index < -0.39 is 18.1 Å². The lowest BCUT2D eigenvalue weighted by atomic mass is 10.1. The van der Waals surface area contributed by atoms with Crippen molar-refractivity contribution in [2.24, 2.45) is 0 Å². The fourth-order valence-electron chi connectivity index (χ4n) is 2.62. The van der Waals surface area contributed by atoms with Gasteiger partial charge in [0.1, 0.15) is 5.75 Å². The van der Waals surface area contributed by atoms with Crippen LogP contribution in [-0.2, 0) is 11.3 Å². The van der Waals surface area contributed by atoms with Crippen LogP contribution in [0, 0.1) is 0 Å². The maximum Gasteiger partial charge on any atom is 0.483 e. The Hall–Kier alpha value is -2.74. The first kappa shape index (κ1) is 17.1. The summed E-state index contributed by atoms with van der Waals surface area (Å²) < 4.78 is 37.8. The summed E-state index contributed by atoms with van der Waals surface area (Å²) in [4.78, 5) is 17.2. The number of halogens is 2. The van der Waals surface area contributed by atoms with E-state index in [0.29, 0.717) is 11.4 Å². The number of methoxy groups -OCH3 is 1. The summed E-state index contributed by atoms with van der Waals surface area (Å²) in [7, 11) is 1.47. The molecule has 1 aromatic heterocycles. The highest BCUT2D eigenvalue weighted by atomic mass is 19.3. The van der Waals surface area contributed by atoms with Crippen LogP contribution in [0.25, 0.3) is 0 Å². The van der Waals surface area contributed by atoms with E-state index in [1.165, 1.54) is 32.4 Å². The number of aliphatic hydroxyl groups is 1. The van der Waals surface area contributed by atoms with Gasteiger partial charge in [-0.2, -0.15) is 8.78 Å². The fraction of sp³-hybridized carbons (Fsp3) is 0.294. The lowest BCUT2D eigenvalue weighted by Crippen LogP contribution is -2.50. The van der Waals surface area contributed by atoms with Gasteiger partial charge in [-0.3, -0.25) is 14.7 Å². The van der Waals surface area contributed by atoms with Crippen molar-refractivity contribution in [1.29, 1.82) is 0 Å². The monoisotopic (exact) mass is 350 g/mol. The molecule has 0 saturated carbocycles. The third kappa shape index (κ3) is 3.12. The number of nitrogens with zero attached hydrogens (tertiary/aromatic N) is 2. The van der Waals surface area contributed by atoms with Crippen LogP contribution in [0.3, 0.4) is 0 Å². The van der Waals surface area contributed by atoms with Gasteiger partial charge in [-0.05, 0) is 19.1 Å². The predicted molar refractivity (Wildman–Crippen MR) is 84.6 cm³/mol. The highest BCUT2D eigenvalue weighted by Crippen LogP contribution is 2.44. The van der Waals surface area contributed by atoms with Gasteiger partial charge in [-0.25, -0.2) is 0 Å². The van der Waals surface area contributed by atoms with Crippen LogP contribution in [0.5, 0.6) is 11.5 Å². The number of carbonyl (C=O) groups excluding carboxylic acids is 1. The summed E-state index contributed by atoms with van der Waals surface area (Å²) in [5, 5.41) is 9.80. The minimum Gasteiger partial charge on any atom is -0.497 e. The number of carbonyl (C=O) groups is 1. The molecule has 2 heterocycles. The molecule has 132 valence electrons. The Bertz CT molecular complexity index is 811. The Morgan fingerprint density at radius 1 is 1.40 bits per heavy atom. The van der Waals surface area contributed by atoms with E-state index in [2.05, 4.69) is 9.72 Å². The largest absolute Gasteiger partial charge is 0.497 e. The summed E-state index contributed by atoms with van der Waals surface area (Å²) in [6.45, 7) is 1.24. The zero-order valence-corrected chi connectivity index (χ0v) is 13.6. The third-order valence-corrected chi connectivity index (χ3v) is 3.83. The number of para-hydroxylation sites is 1. The maximum absolute atomic E-state index is 14.1. The SMILES string of the molecule is COc1ccnc(CN2C(=O)C(F)(F)Oc3c(C(C)O)cccc32)c1. The van der Waals surface area contributed by atoms with E-state index in [1.54, 1.807) is 18.2 Å². The number of benzene rings is 1. The zero-order valence-electron chi connectivity index (χ0n) is 13.6. The van der Waals surface area contributed by atoms with Crippen LogP contribution in [0.1, 0.15) is 24.3 Å². The van der Waals surface area contributed by atoms with Gasteiger partial charge < -0.3 is 14.6 Å². The van der Waals surface area contributed by atoms with E-state index in [9.17, 15) is 18.7 Å². The molecule has 0 saturated heterocycles. The zero-order chi connectivity index (χ0) is 18.2. The Morgan fingerprint density at radius 3 is 2.84 bits per heavy atom. The van der Waals surface area contributed by atoms with Crippen LogP contribution in [0.4, 0.5) is 14.5 Å². The van der Waals surface area contributed by atoms with Gasteiger partial charge in [0.2, 0.25) is 0 Å². The van der Waals surface area contributed by atoms with Gasteiger partial charge in [0.05, 0.1) is 31.1 Å². The number of amides is 1. The van der Waals surface area contributed by atoms with Gasteiger partial charge in [0.15, 0.2) is 5.75 Å². The molecule has 1 atom stereocenters. The van der Waals surface area contributed by atoms with Gasteiger partial charge in [-0.15, -0.1) is 0 Å². The molecular formula is C17H16F2N2O4. The topological polar surface area (TPSA) is 71.9 Å². The number of aromatic nitrogens is 1. The van der Waals surface area contributed by atoms with Gasteiger partial charge >= 0.3 is 12.0 Å². The molecule has 2 aromatic rings. The second kappa shape index (κ2) is 6.29. The average Bonchev–Trinajstić information content (AvgIpc) is 2.58. The van der Waals surface area contributed by atoms with Crippen molar-refractivity contribution in [3.63, 3.8) is 0 Å². The maximum atomic E-state index is 14.1. The van der Waals surface area contributed by atoms with Gasteiger partial charge in [0, 0.05) is 17.8 Å². The van der Waals surface area contributed by atoms with Crippen molar-refractivity contribution in [3.8, 4) is 11.5 Å². The van der Waals surface area contributed by atoms with Gasteiger partial charge in [-0.1, -0.05) is 12.1 Å². The molecule has 25 heavy (non-hydrogen) atoms. The smallest absolute Gasteiger partial charge is 0.483 e. The van der Waals surface area contributed by atoms with E-state index >= 15 is 0 Å². The first-order chi connectivity index (χ1) is 11.8. The Labute approximate surface area is 142 Å². The number of rotatable bonds is 4. The molecule has 1 aliphatic rings. The van der Waals surface area contributed by atoms with Crippen molar-refractivity contribution < 1.29 is 28.2 Å². The van der Waals surface area contributed by atoms with Gasteiger partial charge in [0.25, 0.3) is 0 Å². The molecule has 0 fully saturated rings. The number of pyridine rings is 1. The number of fused-ring (bicyclic) bond motifs is 1. The highest BCUT2D eigenvalue weighted by molar-refractivity contribution is 6.01. The quantitative estimate of drug-likeness (QED) is 0.918. The molecule has 8 heteroatoms. The average molecular weight is 350 g/mol. The normalized spacial score (nSPS) is 16.8. The standard InChI is InChI=1S/C17H16F2N2O4/c1-10(22)13-4-3-5-14-15(13)25-17(18,19)16(23)21(14)9-11-8-12(24-2)6-7-20-11/h3-8,10,22H,9H2,1-2H3. The Balaban J connectivity index is 2.06. The molecule has 0 aliphatic carbocycles. The molecule has 0 bridgehead atoms. The first-order valence-electron chi connectivity index (χ1n) is 7.52. The molecule has 3 rings (SSSR count). The third-order valence-electron chi connectivity index (χ3n) is 3.83. The number of hydrogen-bond acceptors (Lipinski definition) is 5. The first-order valence-corrected chi connectivity index (χ1v) is 7.52. The van der Waals surface area contributed by atoms with Crippen LogP contribution >= 0.6 is 0 Å². The molecule has 1 N–H and O–H groups in total. The van der Waals surface area contributed by atoms with E-state index in [0.717, 1.165) is 4.90 Å². The molecule has 1 aliphatic heterocycles. The van der Waals surface area contributed by atoms with E-state index in [1.807, 2.05) is 0 Å². The molecule has 0 radical (unpaired) electrons. The summed E-state index contributed by atoms with van der Waals surface area (Å²) in [5.41, 5.74) is 0.700. The highest BCUT2D eigenvalue weighted by Gasteiger charge is 2.51. The summed E-state index contributed by atoms with van der Waals surface area (Å²) in [6, 6.07) is 7.68. The van der Waals surface area contributed by atoms with Crippen LogP contribution in [0.15, 0.2) is 36.5 Å². The van der Waals surface area contributed by atoms with Crippen LogP contribution in [-0.4, -0.2) is 29.2 Å². The van der Waals surface area contributed by atoms with Crippen LogP contribution in [0.2, 0.25) is 0 Å². The lowest BCUT2D eigenvalue weighted by Gasteiger charge is -2.34. The van der Waals surface area contributed by atoms with E-state index in [4.69, 9.17) is 4.74 Å². The number of aliphatic hydroxyl groups excluding tert-OH is 1. The Kier molecular flexibility index (Phi) is 4.30. The van der Waals surface area contributed by atoms with Crippen molar-refractivity contribution in [2.45, 2.75) is 25.7 Å². The Morgan fingerprint density at radius 2 is 2.16 bits per heavy atom. The van der Waals surface area contributed by atoms with E-state index in [-0.39, 0.29) is 23.5 Å². The lowest BCUT2D eigenvalue weighted by molar-refractivity contribution is -0.193. The molecular weight excluding hydrogens is 334 g/mol. The van der Waals surface area contributed by atoms with Crippen molar-refractivity contribution >= 4 is 11.6 Å². The summed E-state index contributed by atoms with van der Waals surface area (Å²) >= 11 is 0. The second-order valence-corrected chi connectivity index (χ2v) is 5.57. The molecule has 1 unspecified atom stereocenters. The number of ether oxygens (including phenoxy) is 2. The van der Waals surface area contributed by atoms with Crippen molar-refractivity contribution in [3.05, 3.63) is 47.8 Å². The molecule has 6 nitrogen and oxygen atoms in total. The number of anilines is 1. The van der Waals surface area contributed by atoms with Crippen molar-refractivity contribution in [1.82, 2.24) is 4.98 Å². The molecule has 1 amide bonds. The summed E-state index contributed by atoms with van der Waals surface area (Å²) in [5.74, 6) is -1.22.